The summed E-state index contributed by atoms with van der Waals surface area (Å²) >= 11 is 6.66. The predicted molar refractivity (Wildman–Crippen MR) is 73.0 cm³/mol. The fraction of sp³-hybridized carbons (Fsp3) is 0.0769. The highest BCUT2D eigenvalue weighted by atomic mass is 79.9. The Kier molecular flexibility index (Phi) is 5.66. The number of rotatable bonds is 0. The smallest absolute Gasteiger partial charge is 0.0186 e. The van der Waals surface area contributed by atoms with Crippen LogP contribution in [0.2, 0.25) is 0 Å². The van der Waals surface area contributed by atoms with Crippen LogP contribution in [0.3, 0.4) is 0 Å². The van der Waals surface area contributed by atoms with E-state index in [-0.39, 0.29) is 0 Å². The van der Waals surface area contributed by atoms with E-state index in [9.17, 15) is 0 Å². The Morgan fingerprint density at radius 3 is 1.53 bits per heavy atom. The molecule has 0 unspecified atom stereocenters. The van der Waals surface area contributed by atoms with Crippen molar-refractivity contribution < 1.29 is 0 Å². The van der Waals surface area contributed by atoms with E-state index in [1.165, 1.54) is 5.56 Å². The summed E-state index contributed by atoms with van der Waals surface area (Å²) in [6, 6.07) is 18.2. The van der Waals surface area contributed by atoms with Crippen LogP contribution in [0.1, 0.15) is 5.56 Å². The monoisotopic (exact) mass is 326 g/mol. The molecule has 0 spiro atoms. The van der Waals surface area contributed by atoms with Crippen LogP contribution in [0.4, 0.5) is 0 Å². The van der Waals surface area contributed by atoms with E-state index in [1.807, 2.05) is 42.5 Å². The lowest BCUT2D eigenvalue weighted by Gasteiger charge is -1.87. The van der Waals surface area contributed by atoms with Gasteiger partial charge >= 0.3 is 0 Å². The van der Waals surface area contributed by atoms with E-state index in [1.54, 1.807) is 0 Å². The number of halogens is 2. The molecule has 0 N–H and O–H groups in total. The summed E-state index contributed by atoms with van der Waals surface area (Å²) < 4.78 is 2.21. The van der Waals surface area contributed by atoms with Gasteiger partial charge in [0.25, 0.3) is 0 Å². The maximum Gasteiger partial charge on any atom is 0.0186 e. The van der Waals surface area contributed by atoms with Crippen molar-refractivity contribution in [3.63, 3.8) is 0 Å². The van der Waals surface area contributed by atoms with Crippen LogP contribution in [0, 0.1) is 6.92 Å². The Labute approximate surface area is 108 Å². The minimum absolute atomic E-state index is 1.10. The normalized spacial score (nSPS) is 9.00. The third-order valence-corrected chi connectivity index (χ3v) is 2.71. The SMILES string of the molecule is Brc1cccc(Br)c1.Cc1ccccc1. The number of aryl methyl sites for hydroxylation is 1. The topological polar surface area (TPSA) is 0 Å². The molecule has 0 amide bonds. The van der Waals surface area contributed by atoms with Gasteiger partial charge in [-0.25, -0.2) is 0 Å². The molecule has 0 nitrogen and oxygen atoms in total. The van der Waals surface area contributed by atoms with E-state index in [2.05, 4.69) is 50.9 Å². The van der Waals surface area contributed by atoms with Crippen LogP contribution in [-0.4, -0.2) is 0 Å². The zero-order valence-electron chi connectivity index (χ0n) is 8.45. The molecule has 2 rings (SSSR count). The molecule has 0 radical (unpaired) electrons. The first kappa shape index (κ1) is 12.5. The molecule has 0 aliphatic carbocycles. The highest BCUT2D eigenvalue weighted by Crippen LogP contribution is 2.15. The lowest BCUT2D eigenvalue weighted by Crippen LogP contribution is -1.62. The van der Waals surface area contributed by atoms with Gasteiger partial charge < -0.3 is 0 Å². The lowest BCUT2D eigenvalue weighted by molar-refractivity contribution is 1.48. The minimum atomic E-state index is 1.10. The van der Waals surface area contributed by atoms with Crippen molar-refractivity contribution in [1.82, 2.24) is 0 Å². The Balaban J connectivity index is 0.000000151. The van der Waals surface area contributed by atoms with Gasteiger partial charge in [-0.2, -0.15) is 0 Å². The molecule has 0 bridgehead atoms. The third kappa shape index (κ3) is 5.75. The average Bonchev–Trinajstić information content (AvgIpc) is 2.19. The van der Waals surface area contributed by atoms with E-state index in [0.29, 0.717) is 0 Å². The van der Waals surface area contributed by atoms with Crippen molar-refractivity contribution in [3.8, 4) is 0 Å². The van der Waals surface area contributed by atoms with E-state index in [0.717, 1.165) is 8.95 Å². The molecule has 0 saturated heterocycles. The van der Waals surface area contributed by atoms with Gasteiger partial charge in [0.15, 0.2) is 0 Å². The van der Waals surface area contributed by atoms with Gasteiger partial charge in [0.05, 0.1) is 0 Å². The van der Waals surface area contributed by atoms with Crippen molar-refractivity contribution in [2.75, 3.05) is 0 Å². The summed E-state index contributed by atoms with van der Waals surface area (Å²) in [7, 11) is 0. The standard InChI is InChI=1S/C7H8.C6H4Br2/c1-7-5-3-2-4-6-7;7-5-2-1-3-6(8)4-5/h2-6H,1H3;1-4H. The fourth-order valence-corrected chi connectivity index (χ4v) is 2.10. The molecule has 0 aromatic heterocycles. The van der Waals surface area contributed by atoms with Gasteiger partial charge in [-0.1, -0.05) is 73.8 Å². The zero-order chi connectivity index (χ0) is 11.1. The Hall–Kier alpha value is -0.600. The fourth-order valence-electron chi connectivity index (χ4n) is 0.994. The minimum Gasteiger partial charge on any atom is -0.0622 e. The van der Waals surface area contributed by atoms with Crippen LogP contribution in [0.5, 0.6) is 0 Å². The van der Waals surface area contributed by atoms with Crippen LogP contribution in [0.25, 0.3) is 0 Å². The molecule has 78 valence electrons. The van der Waals surface area contributed by atoms with Gasteiger partial charge in [-0.15, -0.1) is 0 Å². The van der Waals surface area contributed by atoms with E-state index in [4.69, 9.17) is 0 Å². The van der Waals surface area contributed by atoms with Gasteiger partial charge in [0.1, 0.15) is 0 Å². The maximum atomic E-state index is 3.33. The van der Waals surface area contributed by atoms with E-state index >= 15 is 0 Å². The van der Waals surface area contributed by atoms with Crippen molar-refractivity contribution in [2.24, 2.45) is 0 Å². The van der Waals surface area contributed by atoms with E-state index < -0.39 is 0 Å². The number of hydrogen-bond acceptors (Lipinski definition) is 0. The van der Waals surface area contributed by atoms with Crippen LogP contribution in [-0.2, 0) is 0 Å². The largest absolute Gasteiger partial charge is 0.0622 e. The highest BCUT2D eigenvalue weighted by molar-refractivity contribution is 9.11. The van der Waals surface area contributed by atoms with Crippen LogP contribution < -0.4 is 0 Å². The third-order valence-electron chi connectivity index (χ3n) is 1.73. The Morgan fingerprint density at radius 1 is 0.733 bits per heavy atom. The molecule has 15 heavy (non-hydrogen) atoms. The van der Waals surface area contributed by atoms with Crippen molar-refractivity contribution in [3.05, 3.63) is 69.1 Å². The zero-order valence-corrected chi connectivity index (χ0v) is 11.6. The number of hydrogen-bond donors (Lipinski definition) is 0. The first-order chi connectivity index (χ1) is 7.18. The van der Waals surface area contributed by atoms with Gasteiger partial charge in [-0.05, 0) is 25.1 Å². The molecule has 0 atom stereocenters. The van der Waals surface area contributed by atoms with Crippen molar-refractivity contribution in [2.45, 2.75) is 6.92 Å². The summed E-state index contributed by atoms with van der Waals surface area (Å²) in [6.07, 6.45) is 0. The summed E-state index contributed by atoms with van der Waals surface area (Å²) in [5, 5.41) is 0. The molecule has 0 saturated carbocycles. The van der Waals surface area contributed by atoms with Gasteiger partial charge in [0, 0.05) is 8.95 Å². The molecule has 0 fully saturated rings. The molecular weight excluding hydrogens is 316 g/mol. The summed E-state index contributed by atoms with van der Waals surface area (Å²) in [6.45, 7) is 2.08. The second-order valence-corrected chi connectivity index (χ2v) is 4.93. The summed E-state index contributed by atoms with van der Waals surface area (Å²) in [5.41, 5.74) is 1.32. The molecule has 2 aromatic rings. The van der Waals surface area contributed by atoms with Crippen LogP contribution >= 0.6 is 31.9 Å². The molecule has 2 aromatic carbocycles. The van der Waals surface area contributed by atoms with Crippen molar-refractivity contribution >= 4 is 31.9 Å². The number of benzene rings is 2. The lowest BCUT2D eigenvalue weighted by atomic mass is 10.2. The first-order valence-corrected chi connectivity index (χ1v) is 6.20. The summed E-state index contributed by atoms with van der Waals surface area (Å²) in [4.78, 5) is 0. The van der Waals surface area contributed by atoms with Crippen LogP contribution in [0.15, 0.2) is 63.5 Å². The summed E-state index contributed by atoms with van der Waals surface area (Å²) in [5.74, 6) is 0. The quantitative estimate of drug-likeness (QED) is 0.623. The Bertz CT molecular complexity index is 379. The predicted octanol–water partition coefficient (Wildman–Crippen LogP) is 5.21. The molecule has 0 aliphatic heterocycles. The van der Waals surface area contributed by atoms with Crippen molar-refractivity contribution in [1.29, 1.82) is 0 Å². The average molecular weight is 328 g/mol. The van der Waals surface area contributed by atoms with Gasteiger partial charge in [0.2, 0.25) is 0 Å². The Morgan fingerprint density at radius 2 is 1.27 bits per heavy atom. The molecule has 0 heterocycles. The second kappa shape index (κ2) is 6.81. The molecule has 0 aliphatic rings. The molecule has 2 heteroatoms. The van der Waals surface area contributed by atoms with Gasteiger partial charge in [-0.3, -0.25) is 0 Å². The second-order valence-electron chi connectivity index (χ2n) is 3.09. The maximum absolute atomic E-state index is 3.33. The highest BCUT2D eigenvalue weighted by Gasteiger charge is 1.84. The first-order valence-electron chi connectivity index (χ1n) is 4.61. The molecular formula is C13H12Br2.